The van der Waals surface area contributed by atoms with Crippen LogP contribution in [0.4, 0.5) is 0 Å². The van der Waals surface area contributed by atoms with Gasteiger partial charge in [-0.25, -0.2) is 0 Å². The summed E-state index contributed by atoms with van der Waals surface area (Å²) in [6, 6.07) is 0. The highest BCUT2D eigenvalue weighted by Gasteiger charge is 2.44. The van der Waals surface area contributed by atoms with E-state index < -0.39 is 0 Å². The summed E-state index contributed by atoms with van der Waals surface area (Å²) in [5.74, 6) is 0.902. The molecule has 0 aromatic carbocycles. The van der Waals surface area contributed by atoms with Crippen molar-refractivity contribution in [2.75, 3.05) is 26.3 Å². The maximum Gasteiger partial charge on any atom is 0.0590 e. The molecule has 0 saturated heterocycles. The monoisotopic (exact) mass is 185 g/mol. The van der Waals surface area contributed by atoms with E-state index >= 15 is 0 Å². The normalized spacial score (nSPS) is 24.7. The molecule has 0 aliphatic heterocycles. The number of ether oxygens (including phenoxy) is 1. The molecule has 2 nitrogen and oxygen atoms in total. The SMILES string of the molecule is CCCOCCNCC1CC1(C)C. The molecule has 1 N–H and O–H groups in total. The number of rotatable bonds is 7. The van der Waals surface area contributed by atoms with Crippen molar-refractivity contribution in [3.8, 4) is 0 Å². The van der Waals surface area contributed by atoms with E-state index in [1.165, 1.54) is 13.0 Å². The van der Waals surface area contributed by atoms with E-state index in [4.69, 9.17) is 4.74 Å². The molecule has 0 amide bonds. The standard InChI is InChI=1S/C11H23NO/c1-4-6-13-7-5-12-9-10-8-11(10,2)3/h10,12H,4-9H2,1-3H3. The van der Waals surface area contributed by atoms with Crippen LogP contribution >= 0.6 is 0 Å². The fourth-order valence-electron chi connectivity index (χ4n) is 1.59. The van der Waals surface area contributed by atoms with Gasteiger partial charge in [-0.3, -0.25) is 0 Å². The van der Waals surface area contributed by atoms with E-state index in [0.717, 1.165) is 32.1 Å². The maximum absolute atomic E-state index is 5.37. The van der Waals surface area contributed by atoms with Crippen LogP contribution < -0.4 is 5.32 Å². The molecule has 1 atom stereocenters. The lowest BCUT2D eigenvalue weighted by Gasteiger charge is -2.06. The predicted octanol–water partition coefficient (Wildman–Crippen LogP) is 2.05. The van der Waals surface area contributed by atoms with Crippen molar-refractivity contribution in [2.45, 2.75) is 33.6 Å². The molecular weight excluding hydrogens is 162 g/mol. The van der Waals surface area contributed by atoms with Crippen molar-refractivity contribution in [1.82, 2.24) is 5.32 Å². The Morgan fingerprint density at radius 2 is 2.08 bits per heavy atom. The van der Waals surface area contributed by atoms with Crippen LogP contribution in [0.25, 0.3) is 0 Å². The largest absolute Gasteiger partial charge is 0.380 e. The Labute approximate surface area is 82.0 Å². The van der Waals surface area contributed by atoms with Gasteiger partial charge in [-0.15, -0.1) is 0 Å². The molecule has 1 aliphatic rings. The maximum atomic E-state index is 5.37. The van der Waals surface area contributed by atoms with E-state index in [1.54, 1.807) is 0 Å². The molecule has 1 rings (SSSR count). The minimum atomic E-state index is 0.608. The molecule has 0 aromatic heterocycles. The first kappa shape index (κ1) is 11.0. The second-order valence-corrected chi connectivity index (χ2v) is 4.71. The zero-order valence-corrected chi connectivity index (χ0v) is 9.23. The van der Waals surface area contributed by atoms with E-state index in [0.29, 0.717) is 5.41 Å². The van der Waals surface area contributed by atoms with E-state index in [9.17, 15) is 0 Å². The molecule has 0 spiro atoms. The summed E-state index contributed by atoms with van der Waals surface area (Å²) >= 11 is 0. The number of hydrogen-bond donors (Lipinski definition) is 1. The Morgan fingerprint density at radius 3 is 2.62 bits per heavy atom. The lowest BCUT2D eigenvalue weighted by atomic mass is 10.1. The molecule has 2 heteroatoms. The number of nitrogens with one attached hydrogen (secondary N) is 1. The Balaban J connectivity index is 1.80. The van der Waals surface area contributed by atoms with Crippen LogP contribution in [-0.2, 0) is 4.74 Å². The van der Waals surface area contributed by atoms with Gasteiger partial charge in [0.2, 0.25) is 0 Å². The summed E-state index contributed by atoms with van der Waals surface area (Å²) in [5.41, 5.74) is 0.608. The van der Waals surface area contributed by atoms with Crippen molar-refractivity contribution in [3.05, 3.63) is 0 Å². The summed E-state index contributed by atoms with van der Waals surface area (Å²) in [5, 5.41) is 3.44. The minimum Gasteiger partial charge on any atom is -0.380 e. The summed E-state index contributed by atoms with van der Waals surface area (Å²) in [7, 11) is 0. The molecule has 1 unspecified atom stereocenters. The molecule has 1 saturated carbocycles. The van der Waals surface area contributed by atoms with Crippen LogP contribution in [0.5, 0.6) is 0 Å². The quantitative estimate of drug-likeness (QED) is 0.613. The first-order valence-corrected chi connectivity index (χ1v) is 5.45. The highest BCUT2D eigenvalue weighted by Crippen LogP contribution is 2.50. The summed E-state index contributed by atoms with van der Waals surface area (Å²) in [6.07, 6.45) is 2.51. The first-order chi connectivity index (χ1) is 6.17. The van der Waals surface area contributed by atoms with Crippen LogP contribution in [-0.4, -0.2) is 26.3 Å². The van der Waals surface area contributed by atoms with Gasteiger partial charge >= 0.3 is 0 Å². The molecule has 0 bridgehead atoms. The molecular formula is C11H23NO. The fourth-order valence-corrected chi connectivity index (χ4v) is 1.59. The Morgan fingerprint density at radius 1 is 1.38 bits per heavy atom. The topological polar surface area (TPSA) is 21.3 Å². The summed E-state index contributed by atoms with van der Waals surface area (Å²) in [6.45, 7) is 10.8. The smallest absolute Gasteiger partial charge is 0.0590 e. The minimum absolute atomic E-state index is 0.608. The zero-order chi connectivity index (χ0) is 9.73. The molecule has 0 radical (unpaired) electrons. The van der Waals surface area contributed by atoms with Gasteiger partial charge in [0.05, 0.1) is 6.61 Å². The lowest BCUT2D eigenvalue weighted by molar-refractivity contribution is 0.136. The highest BCUT2D eigenvalue weighted by atomic mass is 16.5. The summed E-state index contributed by atoms with van der Waals surface area (Å²) < 4.78 is 5.37. The van der Waals surface area contributed by atoms with Crippen LogP contribution in [0.1, 0.15) is 33.6 Å². The van der Waals surface area contributed by atoms with Gasteiger partial charge in [-0.05, 0) is 30.7 Å². The third-order valence-corrected chi connectivity index (χ3v) is 2.88. The second kappa shape index (κ2) is 4.97. The van der Waals surface area contributed by atoms with E-state index in [1.807, 2.05) is 0 Å². The molecule has 0 heterocycles. The molecule has 0 aromatic rings. The number of hydrogen-bond acceptors (Lipinski definition) is 2. The second-order valence-electron chi connectivity index (χ2n) is 4.71. The van der Waals surface area contributed by atoms with Crippen LogP contribution in [0.3, 0.4) is 0 Å². The van der Waals surface area contributed by atoms with E-state index in [-0.39, 0.29) is 0 Å². The highest BCUT2D eigenvalue weighted by molar-refractivity contribution is 4.95. The fraction of sp³-hybridized carbons (Fsp3) is 1.00. The van der Waals surface area contributed by atoms with Gasteiger partial charge in [-0.2, -0.15) is 0 Å². The molecule has 1 fully saturated rings. The van der Waals surface area contributed by atoms with Gasteiger partial charge < -0.3 is 10.1 Å². The average Bonchev–Trinajstić information content (AvgIpc) is 2.67. The summed E-state index contributed by atoms with van der Waals surface area (Å²) in [4.78, 5) is 0. The van der Waals surface area contributed by atoms with Crippen molar-refractivity contribution >= 4 is 0 Å². The van der Waals surface area contributed by atoms with Crippen molar-refractivity contribution in [2.24, 2.45) is 11.3 Å². The van der Waals surface area contributed by atoms with Gasteiger partial charge in [0, 0.05) is 13.2 Å². The van der Waals surface area contributed by atoms with Crippen LogP contribution in [0, 0.1) is 11.3 Å². The lowest BCUT2D eigenvalue weighted by Crippen LogP contribution is -2.23. The van der Waals surface area contributed by atoms with Gasteiger partial charge in [0.25, 0.3) is 0 Å². The van der Waals surface area contributed by atoms with Gasteiger partial charge in [0.1, 0.15) is 0 Å². The third kappa shape index (κ3) is 4.10. The van der Waals surface area contributed by atoms with Crippen molar-refractivity contribution in [1.29, 1.82) is 0 Å². The van der Waals surface area contributed by atoms with Crippen molar-refractivity contribution in [3.63, 3.8) is 0 Å². The Kier molecular flexibility index (Phi) is 4.20. The predicted molar refractivity (Wildman–Crippen MR) is 55.9 cm³/mol. The Hall–Kier alpha value is -0.0800. The van der Waals surface area contributed by atoms with Gasteiger partial charge in [0.15, 0.2) is 0 Å². The van der Waals surface area contributed by atoms with Crippen LogP contribution in [0.2, 0.25) is 0 Å². The van der Waals surface area contributed by atoms with E-state index in [2.05, 4.69) is 26.1 Å². The molecule has 13 heavy (non-hydrogen) atoms. The molecule has 78 valence electrons. The Bertz CT molecular complexity index is 145. The van der Waals surface area contributed by atoms with Crippen molar-refractivity contribution < 1.29 is 4.74 Å². The first-order valence-electron chi connectivity index (χ1n) is 5.45. The van der Waals surface area contributed by atoms with Gasteiger partial charge in [-0.1, -0.05) is 20.8 Å². The average molecular weight is 185 g/mol. The molecule has 1 aliphatic carbocycles. The third-order valence-electron chi connectivity index (χ3n) is 2.88. The van der Waals surface area contributed by atoms with Crippen LogP contribution in [0.15, 0.2) is 0 Å². The zero-order valence-electron chi connectivity index (χ0n) is 9.23.